The molecule has 1 fully saturated rings. The van der Waals surface area contributed by atoms with Crippen molar-refractivity contribution in [3.63, 3.8) is 0 Å². The van der Waals surface area contributed by atoms with E-state index < -0.39 is 0 Å². The number of aromatic nitrogens is 2. The minimum absolute atomic E-state index is 0.351. The van der Waals surface area contributed by atoms with Crippen molar-refractivity contribution < 1.29 is 0 Å². The Morgan fingerprint density at radius 2 is 2.43 bits per heavy atom. The van der Waals surface area contributed by atoms with E-state index in [1.54, 1.807) is 0 Å². The number of hydrogen-bond acceptors (Lipinski definition) is 2. The van der Waals surface area contributed by atoms with Gasteiger partial charge in [-0.15, -0.1) is 0 Å². The Morgan fingerprint density at radius 3 is 2.93 bits per heavy atom. The zero-order valence-corrected chi connectivity index (χ0v) is 9.01. The lowest BCUT2D eigenvalue weighted by molar-refractivity contribution is 0.291. The molecular formula is C11H19N3. The van der Waals surface area contributed by atoms with E-state index in [1.165, 1.54) is 19.3 Å². The van der Waals surface area contributed by atoms with Gasteiger partial charge in [-0.05, 0) is 39.2 Å². The highest BCUT2D eigenvalue weighted by atomic mass is 15.0. The first kappa shape index (κ1) is 9.71. The summed E-state index contributed by atoms with van der Waals surface area (Å²) in [6.07, 6.45) is 6.10. The highest BCUT2D eigenvalue weighted by Crippen LogP contribution is 2.25. The Hall–Kier alpha value is -0.830. The van der Waals surface area contributed by atoms with Crippen LogP contribution in [-0.2, 0) is 0 Å². The topological polar surface area (TPSA) is 40.7 Å². The van der Waals surface area contributed by atoms with E-state index in [2.05, 4.69) is 22.2 Å². The van der Waals surface area contributed by atoms with Crippen LogP contribution in [0, 0.1) is 12.8 Å². The third-order valence-electron chi connectivity index (χ3n) is 3.07. The van der Waals surface area contributed by atoms with Crippen LogP contribution in [0.5, 0.6) is 0 Å². The Labute approximate surface area is 85.3 Å². The summed E-state index contributed by atoms with van der Waals surface area (Å²) >= 11 is 0. The first-order chi connectivity index (χ1) is 6.75. The Kier molecular flexibility index (Phi) is 2.87. The summed E-state index contributed by atoms with van der Waals surface area (Å²) in [5, 5.41) is 3.52. The molecule has 0 aliphatic heterocycles. The van der Waals surface area contributed by atoms with Gasteiger partial charge >= 0.3 is 0 Å². The van der Waals surface area contributed by atoms with Gasteiger partial charge in [-0.3, -0.25) is 0 Å². The maximum atomic E-state index is 4.32. The molecule has 1 atom stereocenters. The van der Waals surface area contributed by atoms with Gasteiger partial charge in [0.25, 0.3) is 0 Å². The Bertz CT molecular complexity index is 288. The van der Waals surface area contributed by atoms with Crippen molar-refractivity contribution in [1.82, 2.24) is 15.3 Å². The van der Waals surface area contributed by atoms with Gasteiger partial charge in [-0.1, -0.05) is 6.42 Å². The lowest BCUT2D eigenvalue weighted by Gasteiger charge is -2.26. The molecule has 3 nitrogen and oxygen atoms in total. The summed E-state index contributed by atoms with van der Waals surface area (Å²) in [4.78, 5) is 7.58. The molecule has 0 bridgehead atoms. The van der Waals surface area contributed by atoms with Gasteiger partial charge < -0.3 is 10.3 Å². The first-order valence-corrected chi connectivity index (χ1v) is 5.50. The summed E-state index contributed by atoms with van der Waals surface area (Å²) in [7, 11) is 0. The van der Waals surface area contributed by atoms with Crippen molar-refractivity contribution in [1.29, 1.82) is 0 Å². The van der Waals surface area contributed by atoms with Gasteiger partial charge in [0, 0.05) is 11.9 Å². The van der Waals surface area contributed by atoms with Crippen molar-refractivity contribution in [3.8, 4) is 0 Å². The van der Waals surface area contributed by atoms with Gasteiger partial charge in [0.05, 0.1) is 6.04 Å². The van der Waals surface area contributed by atoms with Crippen LogP contribution in [0.15, 0.2) is 6.20 Å². The molecule has 0 saturated heterocycles. The van der Waals surface area contributed by atoms with E-state index >= 15 is 0 Å². The predicted molar refractivity (Wildman–Crippen MR) is 57.1 cm³/mol. The fraction of sp³-hybridized carbons (Fsp3) is 0.727. The second-order valence-corrected chi connectivity index (χ2v) is 4.38. The Balaban J connectivity index is 1.79. The number of hydrogen-bond donors (Lipinski definition) is 2. The number of imidazole rings is 1. The SMILES string of the molecule is Cc1cnc(C(C)NCC2CCC2)[nH]1. The van der Waals surface area contributed by atoms with Gasteiger partial charge in [-0.25, -0.2) is 4.98 Å². The minimum Gasteiger partial charge on any atom is -0.345 e. The van der Waals surface area contributed by atoms with Crippen LogP contribution >= 0.6 is 0 Å². The third-order valence-corrected chi connectivity index (χ3v) is 3.07. The molecular weight excluding hydrogens is 174 g/mol. The fourth-order valence-electron chi connectivity index (χ4n) is 1.79. The molecule has 1 unspecified atom stereocenters. The highest BCUT2D eigenvalue weighted by Gasteiger charge is 2.18. The van der Waals surface area contributed by atoms with Crippen LogP contribution in [0.2, 0.25) is 0 Å². The molecule has 1 aliphatic rings. The van der Waals surface area contributed by atoms with E-state index in [0.29, 0.717) is 6.04 Å². The molecule has 1 aromatic rings. The van der Waals surface area contributed by atoms with Crippen LogP contribution in [-0.4, -0.2) is 16.5 Å². The summed E-state index contributed by atoms with van der Waals surface area (Å²) in [6.45, 7) is 5.34. The first-order valence-electron chi connectivity index (χ1n) is 5.50. The van der Waals surface area contributed by atoms with E-state index in [4.69, 9.17) is 0 Å². The zero-order chi connectivity index (χ0) is 9.97. The standard InChI is InChI=1S/C11H19N3/c1-8-6-13-11(14-8)9(2)12-7-10-4-3-5-10/h6,9-10,12H,3-5,7H2,1-2H3,(H,13,14). The van der Waals surface area contributed by atoms with Gasteiger partial charge in [-0.2, -0.15) is 0 Å². The number of H-pyrrole nitrogens is 1. The number of aryl methyl sites for hydroxylation is 1. The Morgan fingerprint density at radius 1 is 1.64 bits per heavy atom. The summed E-state index contributed by atoms with van der Waals surface area (Å²) in [5.41, 5.74) is 1.14. The molecule has 14 heavy (non-hydrogen) atoms. The summed E-state index contributed by atoms with van der Waals surface area (Å²) < 4.78 is 0. The quantitative estimate of drug-likeness (QED) is 0.769. The second kappa shape index (κ2) is 4.13. The minimum atomic E-state index is 0.351. The van der Waals surface area contributed by atoms with Crippen molar-refractivity contribution >= 4 is 0 Å². The molecule has 1 heterocycles. The molecule has 2 N–H and O–H groups in total. The van der Waals surface area contributed by atoms with E-state index in [-0.39, 0.29) is 0 Å². The average molecular weight is 193 g/mol. The maximum Gasteiger partial charge on any atom is 0.123 e. The number of nitrogens with zero attached hydrogens (tertiary/aromatic N) is 1. The molecule has 1 saturated carbocycles. The molecule has 3 heteroatoms. The normalized spacial score (nSPS) is 19.3. The molecule has 0 amide bonds. The van der Waals surface area contributed by atoms with Crippen molar-refractivity contribution in [2.75, 3.05) is 6.54 Å². The molecule has 78 valence electrons. The molecule has 1 aromatic heterocycles. The van der Waals surface area contributed by atoms with Crippen LogP contribution in [0.3, 0.4) is 0 Å². The van der Waals surface area contributed by atoms with Crippen molar-refractivity contribution in [2.24, 2.45) is 5.92 Å². The monoisotopic (exact) mass is 193 g/mol. The van der Waals surface area contributed by atoms with Crippen LogP contribution in [0.1, 0.15) is 43.7 Å². The van der Waals surface area contributed by atoms with Crippen LogP contribution < -0.4 is 5.32 Å². The summed E-state index contributed by atoms with van der Waals surface area (Å²) in [5.74, 6) is 1.97. The maximum absolute atomic E-state index is 4.32. The van der Waals surface area contributed by atoms with Gasteiger partial charge in [0.1, 0.15) is 5.82 Å². The molecule has 2 rings (SSSR count). The van der Waals surface area contributed by atoms with Crippen LogP contribution in [0.4, 0.5) is 0 Å². The van der Waals surface area contributed by atoms with Gasteiger partial charge in [0.15, 0.2) is 0 Å². The van der Waals surface area contributed by atoms with E-state index in [9.17, 15) is 0 Å². The highest BCUT2D eigenvalue weighted by molar-refractivity contribution is 5.02. The van der Waals surface area contributed by atoms with E-state index in [0.717, 1.165) is 24.0 Å². The third kappa shape index (κ3) is 2.15. The smallest absolute Gasteiger partial charge is 0.123 e. The number of aromatic amines is 1. The molecule has 1 aliphatic carbocycles. The van der Waals surface area contributed by atoms with Gasteiger partial charge in [0.2, 0.25) is 0 Å². The lowest BCUT2D eigenvalue weighted by atomic mass is 9.85. The lowest BCUT2D eigenvalue weighted by Crippen LogP contribution is -2.29. The fourth-order valence-corrected chi connectivity index (χ4v) is 1.79. The molecule has 0 aromatic carbocycles. The second-order valence-electron chi connectivity index (χ2n) is 4.38. The largest absolute Gasteiger partial charge is 0.345 e. The molecule has 0 spiro atoms. The van der Waals surface area contributed by atoms with Crippen molar-refractivity contribution in [2.45, 2.75) is 39.2 Å². The van der Waals surface area contributed by atoms with E-state index in [1.807, 2.05) is 13.1 Å². The average Bonchev–Trinajstić information content (AvgIpc) is 2.49. The number of nitrogens with one attached hydrogen (secondary N) is 2. The number of rotatable bonds is 4. The summed E-state index contributed by atoms with van der Waals surface area (Å²) in [6, 6.07) is 0.351. The van der Waals surface area contributed by atoms with Crippen LogP contribution in [0.25, 0.3) is 0 Å². The molecule has 0 radical (unpaired) electrons. The zero-order valence-electron chi connectivity index (χ0n) is 9.01. The van der Waals surface area contributed by atoms with Crippen molar-refractivity contribution in [3.05, 3.63) is 17.7 Å². The predicted octanol–water partition coefficient (Wildman–Crippen LogP) is 2.17.